The van der Waals surface area contributed by atoms with Crippen LogP contribution in [0.4, 0.5) is 0 Å². The van der Waals surface area contributed by atoms with Crippen LogP contribution in [0.25, 0.3) is 0 Å². The van der Waals surface area contributed by atoms with Crippen LogP contribution >= 0.6 is 0 Å². The number of fused-ring (bicyclic) bond motifs is 2. The average Bonchev–Trinajstić information content (AvgIpc) is 2.89. The van der Waals surface area contributed by atoms with Crippen LogP contribution in [0, 0.1) is 5.92 Å². The summed E-state index contributed by atoms with van der Waals surface area (Å²) in [5.74, 6) is 0.882. The second-order valence-electron chi connectivity index (χ2n) is 8.27. The van der Waals surface area contributed by atoms with Crippen molar-refractivity contribution in [3.05, 3.63) is 48.6 Å². The van der Waals surface area contributed by atoms with E-state index in [0.29, 0.717) is 23.8 Å². The minimum absolute atomic E-state index is 0.334. The van der Waals surface area contributed by atoms with Gasteiger partial charge in [-0.3, -0.25) is 9.69 Å². The van der Waals surface area contributed by atoms with Gasteiger partial charge in [0.1, 0.15) is 5.78 Å². The van der Waals surface area contributed by atoms with Gasteiger partial charge in [-0.1, -0.05) is 55.7 Å². The number of hydrogen-bond acceptors (Lipinski definition) is 2. The molecule has 2 fully saturated rings. The molecule has 26 heavy (non-hydrogen) atoms. The summed E-state index contributed by atoms with van der Waals surface area (Å²) < 4.78 is 0. The molecule has 1 aromatic carbocycles. The number of rotatable bonds is 11. The first-order valence-corrected chi connectivity index (χ1v) is 10.7. The standard InChI is InChI=1S/C24H35NO/c1-2-3-4-5-6-7-11-14-24(26)21-17-22-15-16-23(18-21)25(22)19-20-12-9-8-10-13-20/h2,8-10,12-13,21-23H,1,3-7,11,14-19H2. The summed E-state index contributed by atoms with van der Waals surface area (Å²) in [5.41, 5.74) is 1.41. The molecule has 0 aromatic heterocycles. The second-order valence-corrected chi connectivity index (χ2v) is 8.27. The Morgan fingerprint density at radius 2 is 1.65 bits per heavy atom. The molecule has 2 heterocycles. The lowest BCUT2D eigenvalue weighted by Crippen LogP contribution is -2.44. The van der Waals surface area contributed by atoms with E-state index < -0.39 is 0 Å². The Hall–Kier alpha value is -1.41. The smallest absolute Gasteiger partial charge is 0.136 e. The Morgan fingerprint density at radius 3 is 2.35 bits per heavy atom. The maximum absolute atomic E-state index is 12.7. The number of benzene rings is 1. The molecule has 2 nitrogen and oxygen atoms in total. The van der Waals surface area contributed by atoms with Gasteiger partial charge in [-0.15, -0.1) is 6.58 Å². The van der Waals surface area contributed by atoms with Crippen molar-refractivity contribution in [2.75, 3.05) is 0 Å². The van der Waals surface area contributed by atoms with Gasteiger partial charge >= 0.3 is 0 Å². The number of ketones is 1. The van der Waals surface area contributed by atoms with E-state index in [9.17, 15) is 4.79 Å². The largest absolute Gasteiger partial charge is 0.299 e. The predicted octanol–water partition coefficient (Wildman–Crippen LogP) is 5.92. The Labute approximate surface area is 159 Å². The lowest BCUT2D eigenvalue weighted by Gasteiger charge is -2.38. The van der Waals surface area contributed by atoms with Gasteiger partial charge in [0.05, 0.1) is 0 Å². The monoisotopic (exact) mass is 353 g/mol. The number of hydrogen-bond donors (Lipinski definition) is 0. The molecular weight excluding hydrogens is 318 g/mol. The minimum Gasteiger partial charge on any atom is -0.299 e. The summed E-state index contributed by atoms with van der Waals surface area (Å²) in [7, 11) is 0. The zero-order chi connectivity index (χ0) is 18.2. The first-order valence-electron chi connectivity index (χ1n) is 10.7. The van der Waals surface area contributed by atoms with Gasteiger partial charge in [0.2, 0.25) is 0 Å². The van der Waals surface area contributed by atoms with Crippen molar-refractivity contribution < 1.29 is 4.79 Å². The summed E-state index contributed by atoms with van der Waals surface area (Å²) in [4.78, 5) is 15.4. The van der Waals surface area contributed by atoms with Crippen LogP contribution in [0.1, 0.15) is 76.2 Å². The molecule has 142 valence electrons. The molecule has 0 N–H and O–H groups in total. The highest BCUT2D eigenvalue weighted by atomic mass is 16.1. The topological polar surface area (TPSA) is 20.3 Å². The summed E-state index contributed by atoms with van der Waals surface area (Å²) in [6.07, 6.45) is 14.8. The Kier molecular flexibility index (Phi) is 7.49. The van der Waals surface area contributed by atoms with E-state index in [1.165, 1.54) is 44.1 Å². The maximum atomic E-state index is 12.7. The van der Waals surface area contributed by atoms with E-state index in [1.54, 1.807) is 0 Å². The molecule has 0 aliphatic carbocycles. The first-order chi connectivity index (χ1) is 12.8. The molecule has 2 aliphatic heterocycles. The predicted molar refractivity (Wildman–Crippen MR) is 109 cm³/mol. The number of nitrogens with zero attached hydrogens (tertiary/aromatic N) is 1. The molecule has 2 unspecified atom stereocenters. The zero-order valence-electron chi connectivity index (χ0n) is 16.2. The summed E-state index contributed by atoms with van der Waals surface area (Å²) in [5, 5.41) is 0. The zero-order valence-corrected chi connectivity index (χ0v) is 16.2. The lowest BCUT2D eigenvalue weighted by molar-refractivity contribution is -0.125. The van der Waals surface area contributed by atoms with Crippen molar-refractivity contribution in [2.24, 2.45) is 5.92 Å². The number of unbranched alkanes of at least 4 members (excludes halogenated alkanes) is 5. The van der Waals surface area contributed by atoms with Crippen LogP contribution in [0.2, 0.25) is 0 Å². The van der Waals surface area contributed by atoms with Crippen molar-refractivity contribution >= 4 is 5.78 Å². The fourth-order valence-electron chi connectivity index (χ4n) is 4.91. The highest BCUT2D eigenvalue weighted by Crippen LogP contribution is 2.40. The fourth-order valence-corrected chi connectivity index (χ4v) is 4.91. The van der Waals surface area contributed by atoms with Gasteiger partial charge in [0.25, 0.3) is 0 Å². The summed E-state index contributed by atoms with van der Waals surface area (Å²) in [6, 6.07) is 12.1. The molecule has 0 spiro atoms. The molecule has 0 amide bonds. The van der Waals surface area contributed by atoms with Crippen molar-refractivity contribution in [1.29, 1.82) is 0 Å². The molecule has 2 bridgehead atoms. The Balaban J connectivity index is 1.39. The van der Waals surface area contributed by atoms with Crippen molar-refractivity contribution in [1.82, 2.24) is 4.90 Å². The number of piperidine rings is 1. The molecule has 2 atom stereocenters. The van der Waals surface area contributed by atoms with E-state index in [4.69, 9.17) is 0 Å². The van der Waals surface area contributed by atoms with Crippen LogP contribution in [0.5, 0.6) is 0 Å². The molecule has 3 rings (SSSR count). The highest BCUT2D eigenvalue weighted by molar-refractivity contribution is 5.81. The number of Topliss-reactive ketones (excluding diaryl/α,β-unsaturated/α-hetero) is 1. The van der Waals surface area contributed by atoms with Gasteiger partial charge in [0.15, 0.2) is 0 Å². The third-order valence-corrected chi connectivity index (χ3v) is 6.38. The van der Waals surface area contributed by atoms with Crippen LogP contribution < -0.4 is 0 Å². The van der Waals surface area contributed by atoms with E-state index in [1.807, 2.05) is 6.08 Å². The number of allylic oxidation sites excluding steroid dienone is 1. The fraction of sp³-hybridized carbons (Fsp3) is 0.625. The number of carbonyl (C=O) groups is 1. The Morgan fingerprint density at radius 1 is 1.00 bits per heavy atom. The van der Waals surface area contributed by atoms with Crippen molar-refractivity contribution in [3.63, 3.8) is 0 Å². The van der Waals surface area contributed by atoms with Crippen molar-refractivity contribution in [3.8, 4) is 0 Å². The molecule has 2 aliphatic rings. The summed E-state index contributed by atoms with van der Waals surface area (Å²) in [6.45, 7) is 4.82. The van der Waals surface area contributed by atoms with Gasteiger partial charge in [-0.25, -0.2) is 0 Å². The molecule has 2 heteroatoms. The van der Waals surface area contributed by atoms with E-state index in [-0.39, 0.29) is 0 Å². The van der Waals surface area contributed by atoms with Crippen LogP contribution in [0.15, 0.2) is 43.0 Å². The molecule has 0 radical (unpaired) electrons. The van der Waals surface area contributed by atoms with Crippen LogP contribution in [0.3, 0.4) is 0 Å². The third-order valence-electron chi connectivity index (χ3n) is 6.38. The SMILES string of the molecule is C=CCCCCCCCC(=O)C1CC2CCC(C1)N2Cc1ccccc1. The third kappa shape index (κ3) is 5.30. The van der Waals surface area contributed by atoms with Crippen LogP contribution in [-0.4, -0.2) is 22.8 Å². The average molecular weight is 354 g/mol. The molecule has 2 saturated heterocycles. The minimum atomic E-state index is 0.334. The quantitative estimate of drug-likeness (QED) is 0.364. The van der Waals surface area contributed by atoms with E-state index in [2.05, 4.69) is 41.8 Å². The first kappa shape index (κ1) is 19.4. The maximum Gasteiger partial charge on any atom is 0.136 e. The van der Waals surface area contributed by atoms with Crippen LogP contribution in [-0.2, 0) is 11.3 Å². The lowest BCUT2D eigenvalue weighted by atomic mass is 9.85. The molecule has 0 saturated carbocycles. The Bertz CT molecular complexity index is 553. The van der Waals surface area contributed by atoms with Gasteiger partial charge in [0, 0.05) is 31.0 Å². The molecule has 1 aromatic rings. The second kappa shape index (κ2) is 10.1. The number of carbonyl (C=O) groups excluding carboxylic acids is 1. The van der Waals surface area contributed by atoms with E-state index >= 15 is 0 Å². The molecular formula is C24H35NO. The summed E-state index contributed by atoms with van der Waals surface area (Å²) >= 11 is 0. The van der Waals surface area contributed by atoms with Gasteiger partial charge in [-0.05, 0) is 50.5 Å². The van der Waals surface area contributed by atoms with Gasteiger partial charge < -0.3 is 0 Å². The van der Waals surface area contributed by atoms with Crippen molar-refractivity contribution in [2.45, 2.75) is 89.3 Å². The highest BCUT2D eigenvalue weighted by Gasteiger charge is 2.42. The van der Waals surface area contributed by atoms with Gasteiger partial charge in [-0.2, -0.15) is 0 Å². The van der Waals surface area contributed by atoms with E-state index in [0.717, 1.165) is 38.6 Å². The normalized spacial score (nSPS) is 25.3.